The first-order chi connectivity index (χ1) is 7.86. The first-order valence-electron chi connectivity index (χ1n) is 6.44. The first kappa shape index (κ1) is 11.9. The minimum Gasteiger partial charge on any atom is -0.379 e. The highest BCUT2D eigenvalue weighted by molar-refractivity contribution is 5.76. The molecular formula is C12H22N2O2. The number of carbonyl (C=O) groups excluding carboxylic acids is 1. The highest BCUT2D eigenvalue weighted by atomic mass is 16.5. The molecule has 0 aromatic heterocycles. The molecule has 0 radical (unpaired) electrons. The van der Waals surface area contributed by atoms with Gasteiger partial charge < -0.3 is 9.64 Å². The van der Waals surface area contributed by atoms with E-state index >= 15 is 0 Å². The quantitative estimate of drug-likeness (QED) is 0.711. The van der Waals surface area contributed by atoms with Gasteiger partial charge in [0, 0.05) is 39.1 Å². The van der Waals surface area contributed by atoms with Crippen LogP contribution in [0.1, 0.15) is 25.7 Å². The molecule has 2 fully saturated rings. The van der Waals surface area contributed by atoms with Crippen LogP contribution >= 0.6 is 0 Å². The van der Waals surface area contributed by atoms with Gasteiger partial charge in [-0.1, -0.05) is 0 Å². The zero-order chi connectivity index (χ0) is 11.2. The number of ether oxygens (including phenoxy) is 1. The molecule has 0 N–H and O–H groups in total. The number of carbonyl (C=O) groups is 1. The zero-order valence-corrected chi connectivity index (χ0v) is 9.99. The van der Waals surface area contributed by atoms with E-state index in [9.17, 15) is 4.79 Å². The Bertz CT molecular complexity index is 221. The predicted octanol–water partition coefficient (Wildman–Crippen LogP) is 0.721. The van der Waals surface area contributed by atoms with E-state index in [-0.39, 0.29) is 0 Å². The number of likely N-dealkylation sites (tertiary alicyclic amines) is 1. The Morgan fingerprint density at radius 3 is 2.38 bits per heavy atom. The molecule has 2 aliphatic heterocycles. The molecule has 2 saturated heterocycles. The predicted molar refractivity (Wildman–Crippen MR) is 62.3 cm³/mol. The second-order valence-electron chi connectivity index (χ2n) is 4.65. The van der Waals surface area contributed by atoms with Gasteiger partial charge in [0.25, 0.3) is 0 Å². The highest BCUT2D eigenvalue weighted by Crippen LogP contribution is 2.10. The van der Waals surface area contributed by atoms with Gasteiger partial charge in [0.05, 0.1) is 13.2 Å². The Morgan fingerprint density at radius 2 is 1.69 bits per heavy atom. The van der Waals surface area contributed by atoms with E-state index in [1.807, 2.05) is 4.90 Å². The summed E-state index contributed by atoms with van der Waals surface area (Å²) in [4.78, 5) is 16.3. The van der Waals surface area contributed by atoms with Crippen LogP contribution in [0.3, 0.4) is 0 Å². The molecule has 2 aliphatic rings. The monoisotopic (exact) mass is 226 g/mol. The summed E-state index contributed by atoms with van der Waals surface area (Å²) in [7, 11) is 0. The largest absolute Gasteiger partial charge is 0.379 e. The summed E-state index contributed by atoms with van der Waals surface area (Å²) in [5, 5.41) is 0. The molecule has 2 heterocycles. The van der Waals surface area contributed by atoms with Gasteiger partial charge in [0.15, 0.2) is 0 Å². The average molecular weight is 226 g/mol. The van der Waals surface area contributed by atoms with Crippen molar-refractivity contribution in [3.8, 4) is 0 Å². The lowest BCUT2D eigenvalue weighted by molar-refractivity contribution is -0.132. The number of rotatable bonds is 3. The fraction of sp³-hybridized carbons (Fsp3) is 0.917. The second-order valence-corrected chi connectivity index (χ2v) is 4.65. The third kappa shape index (κ3) is 3.46. The van der Waals surface area contributed by atoms with Crippen LogP contribution in [0.4, 0.5) is 0 Å². The molecule has 4 heteroatoms. The fourth-order valence-electron chi connectivity index (χ4n) is 2.38. The summed E-state index contributed by atoms with van der Waals surface area (Å²) in [6, 6.07) is 0. The molecule has 0 unspecified atom stereocenters. The van der Waals surface area contributed by atoms with Crippen LogP contribution in [-0.2, 0) is 9.53 Å². The van der Waals surface area contributed by atoms with Gasteiger partial charge in [-0.3, -0.25) is 9.69 Å². The number of hydrogen-bond donors (Lipinski definition) is 0. The Hall–Kier alpha value is -0.610. The topological polar surface area (TPSA) is 32.8 Å². The summed E-state index contributed by atoms with van der Waals surface area (Å²) in [6.07, 6.45) is 4.33. The van der Waals surface area contributed by atoms with E-state index in [4.69, 9.17) is 4.74 Å². The molecule has 0 atom stereocenters. The summed E-state index contributed by atoms with van der Waals surface area (Å²) in [6.45, 7) is 6.44. The van der Waals surface area contributed by atoms with Crippen LogP contribution in [0, 0.1) is 0 Å². The third-order valence-electron chi connectivity index (χ3n) is 3.45. The smallest absolute Gasteiger partial charge is 0.223 e. The Balaban J connectivity index is 1.65. The molecule has 2 rings (SSSR count). The van der Waals surface area contributed by atoms with Crippen molar-refractivity contribution in [2.24, 2.45) is 0 Å². The van der Waals surface area contributed by atoms with Gasteiger partial charge in [-0.15, -0.1) is 0 Å². The Labute approximate surface area is 97.5 Å². The summed E-state index contributed by atoms with van der Waals surface area (Å²) in [5.41, 5.74) is 0. The standard InChI is InChI=1S/C12H22N2O2/c15-12(14-5-2-1-3-6-14)4-7-13-8-10-16-11-9-13/h1-11H2. The minimum absolute atomic E-state index is 0.339. The van der Waals surface area contributed by atoms with Crippen molar-refractivity contribution in [2.75, 3.05) is 45.9 Å². The van der Waals surface area contributed by atoms with Gasteiger partial charge in [0.1, 0.15) is 0 Å². The first-order valence-corrected chi connectivity index (χ1v) is 6.44. The van der Waals surface area contributed by atoms with Gasteiger partial charge >= 0.3 is 0 Å². The maximum atomic E-state index is 11.9. The molecule has 4 nitrogen and oxygen atoms in total. The molecule has 92 valence electrons. The summed E-state index contributed by atoms with van der Waals surface area (Å²) >= 11 is 0. The number of hydrogen-bond acceptors (Lipinski definition) is 3. The van der Waals surface area contributed by atoms with E-state index in [1.165, 1.54) is 19.3 Å². The Kier molecular flexibility index (Phi) is 4.60. The molecule has 0 aromatic carbocycles. The Morgan fingerprint density at radius 1 is 1.00 bits per heavy atom. The molecule has 0 spiro atoms. The zero-order valence-electron chi connectivity index (χ0n) is 9.99. The maximum absolute atomic E-state index is 11.9. The number of morpholine rings is 1. The van der Waals surface area contributed by atoms with Crippen molar-refractivity contribution in [2.45, 2.75) is 25.7 Å². The molecule has 0 aliphatic carbocycles. The lowest BCUT2D eigenvalue weighted by Gasteiger charge is -2.29. The van der Waals surface area contributed by atoms with Crippen molar-refractivity contribution >= 4 is 5.91 Å². The van der Waals surface area contributed by atoms with Crippen molar-refractivity contribution in [3.63, 3.8) is 0 Å². The van der Waals surface area contributed by atoms with E-state index in [2.05, 4.69) is 4.90 Å². The molecular weight excluding hydrogens is 204 g/mol. The van der Waals surface area contributed by atoms with Gasteiger partial charge in [-0.05, 0) is 19.3 Å². The van der Waals surface area contributed by atoms with Crippen LogP contribution in [-0.4, -0.2) is 61.6 Å². The lowest BCUT2D eigenvalue weighted by atomic mass is 10.1. The highest BCUT2D eigenvalue weighted by Gasteiger charge is 2.18. The number of piperidine rings is 1. The molecule has 16 heavy (non-hydrogen) atoms. The van der Waals surface area contributed by atoms with Crippen molar-refractivity contribution < 1.29 is 9.53 Å². The van der Waals surface area contributed by atoms with Crippen LogP contribution in [0.2, 0.25) is 0 Å². The van der Waals surface area contributed by atoms with Crippen LogP contribution in [0.25, 0.3) is 0 Å². The van der Waals surface area contributed by atoms with Gasteiger partial charge in [-0.2, -0.15) is 0 Å². The van der Waals surface area contributed by atoms with Crippen molar-refractivity contribution in [1.29, 1.82) is 0 Å². The van der Waals surface area contributed by atoms with Crippen molar-refractivity contribution in [1.82, 2.24) is 9.80 Å². The SMILES string of the molecule is O=C(CCN1CCOCC1)N1CCCCC1. The lowest BCUT2D eigenvalue weighted by Crippen LogP contribution is -2.41. The average Bonchev–Trinajstić information content (AvgIpc) is 2.38. The van der Waals surface area contributed by atoms with Crippen LogP contribution < -0.4 is 0 Å². The van der Waals surface area contributed by atoms with Crippen molar-refractivity contribution in [3.05, 3.63) is 0 Å². The van der Waals surface area contributed by atoms with E-state index in [1.54, 1.807) is 0 Å². The molecule has 0 bridgehead atoms. The molecule has 0 aromatic rings. The molecule has 0 saturated carbocycles. The van der Waals surface area contributed by atoms with Crippen LogP contribution in [0.5, 0.6) is 0 Å². The number of amides is 1. The van der Waals surface area contributed by atoms with Crippen LogP contribution in [0.15, 0.2) is 0 Å². The number of nitrogens with zero attached hydrogens (tertiary/aromatic N) is 2. The van der Waals surface area contributed by atoms with E-state index < -0.39 is 0 Å². The summed E-state index contributed by atoms with van der Waals surface area (Å²) in [5.74, 6) is 0.339. The second kappa shape index (κ2) is 6.21. The molecule has 1 amide bonds. The van der Waals surface area contributed by atoms with E-state index in [0.29, 0.717) is 12.3 Å². The van der Waals surface area contributed by atoms with Gasteiger partial charge in [0.2, 0.25) is 5.91 Å². The third-order valence-corrected chi connectivity index (χ3v) is 3.45. The maximum Gasteiger partial charge on any atom is 0.223 e. The van der Waals surface area contributed by atoms with E-state index in [0.717, 1.165) is 45.9 Å². The fourth-order valence-corrected chi connectivity index (χ4v) is 2.38. The normalized spacial score (nSPS) is 23.4. The summed E-state index contributed by atoms with van der Waals surface area (Å²) < 4.78 is 5.29. The van der Waals surface area contributed by atoms with Gasteiger partial charge in [-0.25, -0.2) is 0 Å². The minimum atomic E-state index is 0.339.